The molecule has 3 heteroatoms. The molecule has 2 bridgehead atoms. The van der Waals surface area contributed by atoms with Gasteiger partial charge in [-0.25, -0.2) is 0 Å². The van der Waals surface area contributed by atoms with Gasteiger partial charge in [0.15, 0.2) is 5.78 Å². The Morgan fingerprint density at radius 1 is 1.30 bits per heavy atom. The van der Waals surface area contributed by atoms with Crippen molar-refractivity contribution in [1.29, 1.82) is 0 Å². The third-order valence-corrected chi connectivity index (χ3v) is 6.51. The van der Waals surface area contributed by atoms with Crippen LogP contribution in [0.15, 0.2) is 11.1 Å². The Labute approximate surface area is 120 Å². The van der Waals surface area contributed by atoms with Gasteiger partial charge in [0, 0.05) is 24.7 Å². The number of allylic oxidation sites excluding steroid dienone is 1. The second-order valence-electron chi connectivity index (χ2n) is 7.45. The van der Waals surface area contributed by atoms with Gasteiger partial charge in [0.05, 0.1) is 0 Å². The van der Waals surface area contributed by atoms with Crippen LogP contribution in [0, 0.1) is 22.7 Å². The van der Waals surface area contributed by atoms with E-state index in [4.69, 9.17) is 4.74 Å². The minimum atomic E-state index is -0.235. The summed E-state index contributed by atoms with van der Waals surface area (Å²) in [5.41, 5.74) is 1.95. The summed E-state index contributed by atoms with van der Waals surface area (Å²) in [7, 11) is 0. The SMILES string of the molecule is CC(=O)OC1C2=C(C)C(=O)CC23C(C)CCC1C3(C)C. The maximum atomic E-state index is 12.3. The maximum Gasteiger partial charge on any atom is 0.303 e. The Morgan fingerprint density at radius 2 is 1.95 bits per heavy atom. The molecule has 20 heavy (non-hydrogen) atoms. The van der Waals surface area contributed by atoms with Crippen molar-refractivity contribution < 1.29 is 14.3 Å². The average Bonchev–Trinajstić information content (AvgIpc) is 2.62. The second kappa shape index (κ2) is 3.96. The van der Waals surface area contributed by atoms with Crippen LogP contribution in [0.4, 0.5) is 0 Å². The largest absolute Gasteiger partial charge is 0.458 e. The normalized spacial score (nSPS) is 41.9. The van der Waals surface area contributed by atoms with Crippen molar-refractivity contribution in [2.75, 3.05) is 0 Å². The zero-order chi connectivity index (χ0) is 14.9. The second-order valence-corrected chi connectivity index (χ2v) is 7.45. The van der Waals surface area contributed by atoms with Crippen LogP contribution in [0.2, 0.25) is 0 Å². The Bertz CT molecular complexity index is 528. The fraction of sp³-hybridized carbons (Fsp3) is 0.765. The van der Waals surface area contributed by atoms with Crippen molar-refractivity contribution in [2.24, 2.45) is 22.7 Å². The summed E-state index contributed by atoms with van der Waals surface area (Å²) in [5, 5.41) is 0. The van der Waals surface area contributed by atoms with E-state index in [1.807, 2.05) is 6.92 Å². The van der Waals surface area contributed by atoms with Crippen LogP contribution >= 0.6 is 0 Å². The molecule has 3 aliphatic carbocycles. The van der Waals surface area contributed by atoms with Crippen molar-refractivity contribution in [3.63, 3.8) is 0 Å². The van der Waals surface area contributed by atoms with Crippen molar-refractivity contribution in [1.82, 2.24) is 0 Å². The number of hydrogen-bond acceptors (Lipinski definition) is 3. The van der Waals surface area contributed by atoms with Crippen LogP contribution in [-0.2, 0) is 14.3 Å². The van der Waals surface area contributed by atoms with Gasteiger partial charge in [0.2, 0.25) is 0 Å². The molecule has 0 aromatic heterocycles. The van der Waals surface area contributed by atoms with Gasteiger partial charge in [-0.05, 0) is 42.2 Å². The lowest BCUT2D eigenvalue weighted by Crippen LogP contribution is -2.45. The molecule has 3 rings (SSSR count). The lowest BCUT2D eigenvalue weighted by atomic mass is 9.53. The van der Waals surface area contributed by atoms with Gasteiger partial charge in [-0.2, -0.15) is 0 Å². The number of ether oxygens (including phenoxy) is 1. The van der Waals surface area contributed by atoms with E-state index in [0.717, 1.165) is 24.0 Å². The summed E-state index contributed by atoms with van der Waals surface area (Å²) in [4.78, 5) is 23.9. The van der Waals surface area contributed by atoms with Gasteiger partial charge in [-0.15, -0.1) is 0 Å². The number of ketones is 1. The predicted molar refractivity (Wildman–Crippen MR) is 76.0 cm³/mol. The zero-order valence-electron chi connectivity index (χ0n) is 13.1. The van der Waals surface area contributed by atoms with E-state index in [2.05, 4.69) is 20.8 Å². The summed E-state index contributed by atoms with van der Waals surface area (Å²) in [6.45, 7) is 10.2. The Morgan fingerprint density at radius 3 is 2.55 bits per heavy atom. The topological polar surface area (TPSA) is 43.4 Å². The molecule has 110 valence electrons. The fourth-order valence-corrected chi connectivity index (χ4v) is 5.50. The molecule has 0 heterocycles. The summed E-state index contributed by atoms with van der Waals surface area (Å²) in [6, 6.07) is 0. The molecule has 4 unspecified atom stereocenters. The van der Waals surface area contributed by atoms with E-state index in [1.165, 1.54) is 6.92 Å². The Hall–Kier alpha value is -1.12. The van der Waals surface area contributed by atoms with Gasteiger partial charge in [-0.1, -0.05) is 20.8 Å². The van der Waals surface area contributed by atoms with Crippen molar-refractivity contribution >= 4 is 11.8 Å². The van der Waals surface area contributed by atoms with Crippen molar-refractivity contribution in [3.05, 3.63) is 11.1 Å². The average molecular weight is 276 g/mol. The first kappa shape index (κ1) is 13.8. The number of carbonyl (C=O) groups excluding carboxylic acids is 2. The highest BCUT2D eigenvalue weighted by Crippen LogP contribution is 2.72. The van der Waals surface area contributed by atoms with Crippen LogP contribution in [0.1, 0.15) is 53.9 Å². The number of esters is 1. The van der Waals surface area contributed by atoms with Crippen LogP contribution in [0.3, 0.4) is 0 Å². The molecule has 0 saturated heterocycles. The van der Waals surface area contributed by atoms with E-state index in [0.29, 0.717) is 18.3 Å². The monoisotopic (exact) mass is 276 g/mol. The van der Waals surface area contributed by atoms with E-state index in [-0.39, 0.29) is 28.7 Å². The van der Waals surface area contributed by atoms with E-state index in [1.54, 1.807) is 0 Å². The summed E-state index contributed by atoms with van der Waals surface area (Å²) < 4.78 is 5.69. The number of fused-ring (bicyclic) bond motifs is 1. The molecule has 0 aromatic rings. The number of carbonyl (C=O) groups is 2. The highest BCUT2D eigenvalue weighted by atomic mass is 16.5. The molecule has 3 nitrogen and oxygen atoms in total. The van der Waals surface area contributed by atoms with Crippen LogP contribution < -0.4 is 0 Å². The van der Waals surface area contributed by atoms with E-state index < -0.39 is 0 Å². The highest BCUT2D eigenvalue weighted by molar-refractivity contribution is 6.00. The standard InChI is InChI=1S/C17H24O3/c1-9-6-7-12-15(20-11(3)18)14-10(2)13(19)8-17(9,14)16(12,4)5/h9,12,15H,6-8H2,1-5H3. The predicted octanol–water partition coefficient (Wildman–Crippen LogP) is 3.28. The van der Waals surface area contributed by atoms with E-state index >= 15 is 0 Å². The quantitative estimate of drug-likeness (QED) is 0.690. The summed E-state index contributed by atoms with van der Waals surface area (Å²) in [6.07, 6.45) is 2.63. The van der Waals surface area contributed by atoms with Gasteiger partial charge in [0.1, 0.15) is 6.10 Å². The van der Waals surface area contributed by atoms with Crippen molar-refractivity contribution in [2.45, 2.75) is 60.0 Å². The molecule has 0 aromatic carbocycles. The molecule has 2 saturated carbocycles. The minimum absolute atomic E-state index is 0.0214. The smallest absolute Gasteiger partial charge is 0.303 e. The third kappa shape index (κ3) is 1.36. The number of Topliss-reactive ketones (excluding diaryl/α,β-unsaturated/α-hetero) is 1. The molecule has 0 aliphatic heterocycles. The molecular formula is C17H24O3. The molecule has 0 amide bonds. The molecule has 2 fully saturated rings. The lowest BCUT2D eigenvalue weighted by Gasteiger charge is -2.50. The first-order valence-corrected chi connectivity index (χ1v) is 7.65. The molecule has 4 atom stereocenters. The Kier molecular flexibility index (Phi) is 2.74. The maximum absolute atomic E-state index is 12.3. The molecular weight excluding hydrogens is 252 g/mol. The van der Waals surface area contributed by atoms with Gasteiger partial charge in [0.25, 0.3) is 0 Å². The highest BCUT2D eigenvalue weighted by Gasteiger charge is 2.70. The first-order chi connectivity index (χ1) is 9.23. The van der Waals surface area contributed by atoms with Crippen LogP contribution in [0.25, 0.3) is 0 Å². The Balaban J connectivity index is 2.22. The lowest BCUT2D eigenvalue weighted by molar-refractivity contribution is -0.148. The summed E-state index contributed by atoms with van der Waals surface area (Å²) in [5.74, 6) is 0.838. The van der Waals surface area contributed by atoms with Gasteiger partial charge < -0.3 is 4.74 Å². The van der Waals surface area contributed by atoms with Gasteiger partial charge >= 0.3 is 5.97 Å². The minimum Gasteiger partial charge on any atom is -0.458 e. The summed E-state index contributed by atoms with van der Waals surface area (Å²) >= 11 is 0. The fourth-order valence-electron chi connectivity index (χ4n) is 5.50. The van der Waals surface area contributed by atoms with Crippen molar-refractivity contribution in [3.8, 4) is 0 Å². The first-order valence-electron chi connectivity index (χ1n) is 7.65. The van der Waals surface area contributed by atoms with E-state index in [9.17, 15) is 9.59 Å². The van der Waals surface area contributed by atoms with Gasteiger partial charge in [-0.3, -0.25) is 9.59 Å². The molecule has 1 spiro atoms. The molecule has 3 aliphatic rings. The zero-order valence-corrected chi connectivity index (χ0v) is 13.1. The molecule has 0 radical (unpaired) electrons. The van der Waals surface area contributed by atoms with Crippen LogP contribution in [-0.4, -0.2) is 17.9 Å². The third-order valence-electron chi connectivity index (χ3n) is 6.51. The molecule has 0 N–H and O–H groups in total. The van der Waals surface area contributed by atoms with Crippen LogP contribution in [0.5, 0.6) is 0 Å². The number of hydrogen-bond donors (Lipinski definition) is 0. The number of rotatable bonds is 1.